The van der Waals surface area contributed by atoms with Crippen LogP contribution in [-0.2, 0) is 6.54 Å². The molecular formula is C26H33FN4O3. The SMILES string of the molecule is C[C@H]1CN(Cc2ccc(N(C)C(=O)N3CCC(c4ccc(F)cc4)CC3)cc2)CCN1C(=O)O. The summed E-state index contributed by atoms with van der Waals surface area (Å²) in [5, 5.41) is 9.24. The molecule has 0 aliphatic carbocycles. The van der Waals surface area contributed by atoms with E-state index in [0.29, 0.717) is 38.6 Å². The first kappa shape index (κ1) is 24.0. The average Bonchev–Trinajstić information content (AvgIpc) is 2.84. The summed E-state index contributed by atoms with van der Waals surface area (Å²) in [4.78, 5) is 31.6. The van der Waals surface area contributed by atoms with Gasteiger partial charge in [0.2, 0.25) is 0 Å². The van der Waals surface area contributed by atoms with Gasteiger partial charge in [0.15, 0.2) is 0 Å². The molecule has 3 amide bonds. The first-order valence-corrected chi connectivity index (χ1v) is 11.9. The number of carboxylic acid groups (broad SMARTS) is 1. The van der Waals surface area contributed by atoms with Crippen molar-refractivity contribution in [3.05, 3.63) is 65.5 Å². The maximum Gasteiger partial charge on any atom is 0.407 e. The van der Waals surface area contributed by atoms with Crippen LogP contribution in [0.15, 0.2) is 48.5 Å². The van der Waals surface area contributed by atoms with E-state index in [2.05, 4.69) is 4.90 Å². The van der Waals surface area contributed by atoms with Gasteiger partial charge in [-0.05, 0) is 61.1 Å². The van der Waals surface area contributed by atoms with Crippen LogP contribution in [0.3, 0.4) is 0 Å². The van der Waals surface area contributed by atoms with Crippen molar-refractivity contribution in [1.29, 1.82) is 0 Å². The van der Waals surface area contributed by atoms with Crippen molar-refractivity contribution in [2.75, 3.05) is 44.7 Å². The maximum atomic E-state index is 13.2. The maximum absolute atomic E-state index is 13.2. The summed E-state index contributed by atoms with van der Waals surface area (Å²) in [5.41, 5.74) is 3.12. The normalized spacial score (nSPS) is 19.8. The highest BCUT2D eigenvalue weighted by atomic mass is 19.1. The van der Waals surface area contributed by atoms with E-state index in [1.165, 1.54) is 17.0 Å². The molecule has 0 aromatic heterocycles. The van der Waals surface area contributed by atoms with Crippen molar-refractivity contribution in [1.82, 2.24) is 14.7 Å². The molecule has 2 heterocycles. The number of hydrogen-bond acceptors (Lipinski definition) is 3. The summed E-state index contributed by atoms with van der Waals surface area (Å²) >= 11 is 0. The summed E-state index contributed by atoms with van der Waals surface area (Å²) in [6.45, 7) is 6.00. The number of halogens is 1. The van der Waals surface area contributed by atoms with E-state index in [4.69, 9.17) is 0 Å². The molecule has 4 rings (SSSR count). The Labute approximate surface area is 200 Å². The van der Waals surface area contributed by atoms with Crippen LogP contribution in [0.5, 0.6) is 0 Å². The van der Waals surface area contributed by atoms with Crippen molar-refractivity contribution in [3.63, 3.8) is 0 Å². The zero-order valence-corrected chi connectivity index (χ0v) is 19.9. The number of carbonyl (C=O) groups excluding carboxylic acids is 1. The van der Waals surface area contributed by atoms with E-state index < -0.39 is 6.09 Å². The zero-order chi connectivity index (χ0) is 24.2. The molecular weight excluding hydrogens is 435 g/mol. The molecule has 2 aliphatic heterocycles. The minimum atomic E-state index is -0.858. The van der Waals surface area contributed by atoms with E-state index >= 15 is 0 Å². The van der Waals surface area contributed by atoms with Gasteiger partial charge in [-0.15, -0.1) is 0 Å². The van der Waals surface area contributed by atoms with E-state index in [1.807, 2.05) is 48.2 Å². The molecule has 0 bridgehead atoms. The number of urea groups is 1. The molecule has 1 N–H and O–H groups in total. The molecule has 2 saturated heterocycles. The van der Waals surface area contributed by atoms with Gasteiger partial charge in [-0.25, -0.2) is 14.0 Å². The van der Waals surface area contributed by atoms with Crippen LogP contribution >= 0.6 is 0 Å². The third-order valence-corrected chi connectivity index (χ3v) is 7.08. The van der Waals surface area contributed by atoms with Crippen molar-refractivity contribution >= 4 is 17.8 Å². The average molecular weight is 469 g/mol. The Morgan fingerprint density at radius 3 is 2.24 bits per heavy atom. The fraction of sp³-hybridized carbons (Fsp3) is 0.462. The number of piperidine rings is 1. The first-order valence-electron chi connectivity index (χ1n) is 11.9. The van der Waals surface area contributed by atoms with Gasteiger partial charge in [0.1, 0.15) is 5.82 Å². The third kappa shape index (κ3) is 5.50. The molecule has 2 aliphatic rings. The van der Waals surface area contributed by atoms with Gasteiger partial charge in [0.25, 0.3) is 0 Å². The van der Waals surface area contributed by atoms with Crippen LogP contribution in [0.2, 0.25) is 0 Å². The minimum Gasteiger partial charge on any atom is -0.465 e. The van der Waals surface area contributed by atoms with Crippen molar-refractivity contribution < 1.29 is 19.1 Å². The topological polar surface area (TPSA) is 67.3 Å². The molecule has 7 nitrogen and oxygen atoms in total. The number of piperazine rings is 1. The Bertz CT molecular complexity index is 990. The van der Waals surface area contributed by atoms with Gasteiger partial charge >= 0.3 is 12.1 Å². The number of hydrogen-bond donors (Lipinski definition) is 1. The lowest BCUT2D eigenvalue weighted by molar-refractivity contribution is 0.0711. The number of amides is 3. The van der Waals surface area contributed by atoms with Crippen molar-refractivity contribution in [2.24, 2.45) is 0 Å². The molecule has 34 heavy (non-hydrogen) atoms. The predicted octanol–water partition coefficient (Wildman–Crippen LogP) is 4.45. The van der Waals surface area contributed by atoms with Crippen LogP contribution in [-0.4, -0.2) is 77.7 Å². The lowest BCUT2D eigenvalue weighted by atomic mass is 9.89. The number of benzene rings is 2. The van der Waals surface area contributed by atoms with Gasteiger partial charge < -0.3 is 14.9 Å². The van der Waals surface area contributed by atoms with Crippen LogP contribution in [0.1, 0.15) is 36.8 Å². The van der Waals surface area contributed by atoms with Gasteiger partial charge in [-0.2, -0.15) is 0 Å². The van der Waals surface area contributed by atoms with Crippen LogP contribution in [0.25, 0.3) is 0 Å². The lowest BCUT2D eigenvalue weighted by Gasteiger charge is -2.38. The molecule has 2 aromatic rings. The Morgan fingerprint density at radius 2 is 1.65 bits per heavy atom. The molecule has 0 unspecified atom stereocenters. The van der Waals surface area contributed by atoms with Crippen LogP contribution < -0.4 is 4.90 Å². The quantitative estimate of drug-likeness (QED) is 0.720. The predicted molar refractivity (Wildman–Crippen MR) is 130 cm³/mol. The van der Waals surface area contributed by atoms with E-state index in [0.717, 1.165) is 36.2 Å². The molecule has 8 heteroatoms. The van der Waals surface area contributed by atoms with Gasteiger partial charge in [0.05, 0.1) is 0 Å². The second-order valence-corrected chi connectivity index (χ2v) is 9.38. The van der Waals surface area contributed by atoms with Crippen molar-refractivity contribution in [2.45, 2.75) is 38.3 Å². The van der Waals surface area contributed by atoms with Gasteiger partial charge in [0, 0.05) is 58.0 Å². The number of anilines is 1. The monoisotopic (exact) mass is 468 g/mol. The number of likely N-dealkylation sites (tertiary alicyclic amines) is 1. The highest BCUT2D eigenvalue weighted by Gasteiger charge is 2.28. The minimum absolute atomic E-state index is 0.0103. The fourth-order valence-corrected chi connectivity index (χ4v) is 5.01. The number of nitrogens with zero attached hydrogens (tertiary/aromatic N) is 4. The number of rotatable bonds is 4. The smallest absolute Gasteiger partial charge is 0.407 e. The van der Waals surface area contributed by atoms with E-state index in [9.17, 15) is 19.1 Å². The van der Waals surface area contributed by atoms with Crippen LogP contribution in [0, 0.1) is 5.82 Å². The first-order chi connectivity index (χ1) is 16.3. The molecule has 0 saturated carbocycles. The van der Waals surface area contributed by atoms with Crippen molar-refractivity contribution in [3.8, 4) is 0 Å². The summed E-state index contributed by atoms with van der Waals surface area (Å²) in [7, 11) is 1.80. The second-order valence-electron chi connectivity index (χ2n) is 9.38. The summed E-state index contributed by atoms with van der Waals surface area (Å²) < 4.78 is 13.2. The Morgan fingerprint density at radius 1 is 1.00 bits per heavy atom. The largest absolute Gasteiger partial charge is 0.465 e. The molecule has 182 valence electrons. The van der Waals surface area contributed by atoms with Gasteiger partial charge in [-0.1, -0.05) is 24.3 Å². The standard InChI is InChI=1S/C26H33FN4O3/c1-19-17-29(15-16-31(19)26(33)34)18-20-3-9-24(10-4-20)28(2)25(32)30-13-11-22(12-14-30)21-5-7-23(27)8-6-21/h3-10,19,22H,11-18H2,1-2H3,(H,33,34)/t19-/m0/s1. The second kappa shape index (κ2) is 10.4. The number of carbonyl (C=O) groups is 2. The summed E-state index contributed by atoms with van der Waals surface area (Å²) in [6, 6.07) is 14.7. The van der Waals surface area contributed by atoms with Gasteiger partial charge in [-0.3, -0.25) is 9.80 Å². The van der Waals surface area contributed by atoms with Crippen LogP contribution in [0.4, 0.5) is 19.7 Å². The molecule has 1 atom stereocenters. The Kier molecular flexibility index (Phi) is 7.36. The lowest BCUT2D eigenvalue weighted by Crippen LogP contribution is -2.53. The Hall–Kier alpha value is -3.13. The summed E-state index contributed by atoms with van der Waals surface area (Å²) in [5.74, 6) is 0.133. The summed E-state index contributed by atoms with van der Waals surface area (Å²) in [6.07, 6.45) is 0.888. The highest BCUT2D eigenvalue weighted by Crippen LogP contribution is 2.29. The molecule has 2 aromatic carbocycles. The fourth-order valence-electron chi connectivity index (χ4n) is 5.01. The third-order valence-electron chi connectivity index (χ3n) is 7.08. The molecule has 0 spiro atoms. The zero-order valence-electron chi connectivity index (χ0n) is 19.9. The van der Waals surface area contributed by atoms with E-state index in [1.54, 1.807) is 11.9 Å². The highest BCUT2D eigenvalue weighted by molar-refractivity contribution is 5.91. The molecule has 2 fully saturated rings. The Balaban J connectivity index is 1.28. The van der Waals surface area contributed by atoms with E-state index in [-0.39, 0.29) is 17.9 Å². The molecule has 0 radical (unpaired) electrons.